The normalized spacial score (nSPS) is 12.8. The van der Waals surface area contributed by atoms with Crippen molar-refractivity contribution in [2.45, 2.75) is 26.8 Å². The van der Waals surface area contributed by atoms with Gasteiger partial charge < -0.3 is 10.2 Å². The Balaban J connectivity index is 2.47. The van der Waals surface area contributed by atoms with Gasteiger partial charge in [0.2, 0.25) is 0 Å². The van der Waals surface area contributed by atoms with Crippen LogP contribution in [0, 0.1) is 20.8 Å². The Labute approximate surface area is 106 Å². The molecule has 1 aromatic heterocycles. The molecule has 17 heavy (non-hydrogen) atoms. The fourth-order valence-corrected chi connectivity index (χ4v) is 2.27. The first-order chi connectivity index (χ1) is 8.00. The maximum absolute atomic E-state index is 6.28. The second-order valence-electron chi connectivity index (χ2n) is 4.30. The van der Waals surface area contributed by atoms with E-state index in [-0.39, 0.29) is 6.04 Å². The molecule has 0 spiro atoms. The molecule has 2 N–H and O–H groups in total. The van der Waals surface area contributed by atoms with Crippen molar-refractivity contribution >= 4 is 11.6 Å². The molecule has 0 fully saturated rings. The summed E-state index contributed by atoms with van der Waals surface area (Å²) in [5.41, 5.74) is 9.37. The lowest BCUT2D eigenvalue weighted by Crippen LogP contribution is -2.13. The lowest BCUT2D eigenvalue weighted by Gasteiger charge is -2.15. The summed E-state index contributed by atoms with van der Waals surface area (Å²) in [5, 5.41) is 0.746. The molecular formula is C14H16ClNO. The van der Waals surface area contributed by atoms with Gasteiger partial charge in [-0.15, -0.1) is 0 Å². The van der Waals surface area contributed by atoms with Crippen molar-refractivity contribution in [3.63, 3.8) is 0 Å². The quantitative estimate of drug-likeness (QED) is 0.877. The third-order valence-corrected chi connectivity index (χ3v) is 3.47. The topological polar surface area (TPSA) is 39.2 Å². The SMILES string of the molecule is Cc1cc(C(N)c2cccc(Cl)c2C)c(C)o1. The third-order valence-electron chi connectivity index (χ3n) is 3.06. The summed E-state index contributed by atoms with van der Waals surface area (Å²) in [6.07, 6.45) is 0. The van der Waals surface area contributed by atoms with Crippen LogP contribution in [0.1, 0.15) is 34.3 Å². The zero-order valence-electron chi connectivity index (χ0n) is 10.3. The van der Waals surface area contributed by atoms with Gasteiger partial charge in [0.25, 0.3) is 0 Å². The van der Waals surface area contributed by atoms with Crippen LogP contribution in [-0.2, 0) is 0 Å². The van der Waals surface area contributed by atoms with Gasteiger partial charge in [0, 0.05) is 10.6 Å². The lowest BCUT2D eigenvalue weighted by molar-refractivity contribution is 0.499. The van der Waals surface area contributed by atoms with Gasteiger partial charge in [-0.3, -0.25) is 0 Å². The molecule has 1 atom stereocenters. The third kappa shape index (κ3) is 2.24. The van der Waals surface area contributed by atoms with Crippen LogP contribution in [0.3, 0.4) is 0 Å². The average Bonchev–Trinajstić information content (AvgIpc) is 2.61. The summed E-state index contributed by atoms with van der Waals surface area (Å²) in [6, 6.07) is 7.60. The Hall–Kier alpha value is -1.25. The maximum Gasteiger partial charge on any atom is 0.106 e. The van der Waals surface area contributed by atoms with E-state index in [1.54, 1.807) is 0 Å². The van der Waals surface area contributed by atoms with Gasteiger partial charge in [0.15, 0.2) is 0 Å². The average molecular weight is 250 g/mol. The molecule has 0 saturated carbocycles. The van der Waals surface area contributed by atoms with E-state index in [1.165, 1.54) is 0 Å². The summed E-state index contributed by atoms with van der Waals surface area (Å²) in [5.74, 6) is 1.75. The van der Waals surface area contributed by atoms with E-state index < -0.39 is 0 Å². The summed E-state index contributed by atoms with van der Waals surface area (Å²) in [7, 11) is 0. The zero-order chi connectivity index (χ0) is 12.6. The highest BCUT2D eigenvalue weighted by Crippen LogP contribution is 2.30. The van der Waals surface area contributed by atoms with E-state index in [1.807, 2.05) is 45.0 Å². The second kappa shape index (κ2) is 4.55. The first-order valence-electron chi connectivity index (χ1n) is 5.58. The summed E-state index contributed by atoms with van der Waals surface area (Å²) >= 11 is 6.11. The first-order valence-corrected chi connectivity index (χ1v) is 5.96. The number of rotatable bonds is 2. The van der Waals surface area contributed by atoms with Gasteiger partial charge in [0.1, 0.15) is 11.5 Å². The van der Waals surface area contributed by atoms with E-state index in [2.05, 4.69) is 0 Å². The molecule has 0 aliphatic heterocycles. The molecular weight excluding hydrogens is 234 g/mol. The highest BCUT2D eigenvalue weighted by molar-refractivity contribution is 6.31. The fraction of sp³-hybridized carbons (Fsp3) is 0.286. The minimum absolute atomic E-state index is 0.189. The minimum atomic E-state index is -0.189. The Kier molecular flexibility index (Phi) is 3.27. The molecule has 3 heteroatoms. The molecule has 0 aliphatic rings. The van der Waals surface area contributed by atoms with Crippen molar-refractivity contribution in [2.24, 2.45) is 5.73 Å². The molecule has 0 saturated heterocycles. The highest BCUT2D eigenvalue weighted by Gasteiger charge is 2.17. The molecule has 0 amide bonds. The van der Waals surface area contributed by atoms with Crippen LogP contribution < -0.4 is 5.73 Å². The Bertz CT molecular complexity index is 545. The summed E-state index contributed by atoms with van der Waals surface area (Å²) < 4.78 is 5.51. The number of aryl methyl sites for hydroxylation is 2. The van der Waals surface area contributed by atoms with Crippen LogP contribution in [0.5, 0.6) is 0 Å². The summed E-state index contributed by atoms with van der Waals surface area (Å²) in [6.45, 7) is 5.84. The standard InChI is InChI=1S/C14H16ClNO/c1-8-7-12(10(3)17-8)14(16)11-5-4-6-13(15)9(11)2/h4-7,14H,16H2,1-3H3. The smallest absolute Gasteiger partial charge is 0.106 e. The van der Waals surface area contributed by atoms with Crippen LogP contribution in [0.4, 0.5) is 0 Å². The van der Waals surface area contributed by atoms with Crippen molar-refractivity contribution < 1.29 is 4.42 Å². The summed E-state index contributed by atoms with van der Waals surface area (Å²) in [4.78, 5) is 0. The van der Waals surface area contributed by atoms with Gasteiger partial charge in [-0.2, -0.15) is 0 Å². The highest BCUT2D eigenvalue weighted by atomic mass is 35.5. The molecule has 2 aromatic rings. The van der Waals surface area contributed by atoms with Crippen molar-refractivity contribution in [1.82, 2.24) is 0 Å². The van der Waals surface area contributed by atoms with Crippen LogP contribution >= 0.6 is 11.6 Å². The zero-order valence-corrected chi connectivity index (χ0v) is 11.0. The molecule has 2 nitrogen and oxygen atoms in total. The van der Waals surface area contributed by atoms with Crippen LogP contribution in [-0.4, -0.2) is 0 Å². The van der Waals surface area contributed by atoms with E-state index >= 15 is 0 Å². The van der Waals surface area contributed by atoms with Gasteiger partial charge >= 0.3 is 0 Å². The largest absolute Gasteiger partial charge is 0.466 e. The van der Waals surface area contributed by atoms with Crippen LogP contribution in [0.2, 0.25) is 5.02 Å². The van der Waals surface area contributed by atoms with Gasteiger partial charge in [-0.05, 0) is 44.0 Å². The monoisotopic (exact) mass is 249 g/mol. The number of hydrogen-bond acceptors (Lipinski definition) is 2. The molecule has 1 unspecified atom stereocenters. The number of furan rings is 1. The first kappa shape index (κ1) is 12.2. The van der Waals surface area contributed by atoms with Gasteiger partial charge in [-0.1, -0.05) is 23.7 Å². The second-order valence-corrected chi connectivity index (χ2v) is 4.71. The van der Waals surface area contributed by atoms with E-state index in [9.17, 15) is 0 Å². The van der Waals surface area contributed by atoms with Crippen LogP contribution in [0.15, 0.2) is 28.7 Å². The molecule has 90 valence electrons. The Morgan fingerprint density at radius 2 is 1.88 bits per heavy atom. The van der Waals surface area contributed by atoms with Crippen molar-refractivity contribution in [3.8, 4) is 0 Å². The number of hydrogen-bond donors (Lipinski definition) is 1. The Morgan fingerprint density at radius 1 is 1.18 bits per heavy atom. The maximum atomic E-state index is 6.28. The lowest BCUT2D eigenvalue weighted by atomic mass is 9.96. The molecule has 1 aromatic carbocycles. The molecule has 0 aliphatic carbocycles. The fourth-order valence-electron chi connectivity index (χ4n) is 2.09. The Morgan fingerprint density at radius 3 is 2.47 bits per heavy atom. The van der Waals surface area contributed by atoms with Crippen molar-refractivity contribution in [2.75, 3.05) is 0 Å². The molecule has 2 rings (SSSR count). The van der Waals surface area contributed by atoms with Crippen LogP contribution in [0.25, 0.3) is 0 Å². The number of nitrogens with two attached hydrogens (primary N) is 1. The molecule has 0 bridgehead atoms. The van der Waals surface area contributed by atoms with E-state index in [0.29, 0.717) is 0 Å². The van der Waals surface area contributed by atoms with E-state index in [0.717, 1.165) is 33.2 Å². The number of halogens is 1. The van der Waals surface area contributed by atoms with Gasteiger partial charge in [-0.25, -0.2) is 0 Å². The molecule has 1 heterocycles. The van der Waals surface area contributed by atoms with E-state index in [4.69, 9.17) is 21.8 Å². The number of benzene rings is 1. The molecule has 0 radical (unpaired) electrons. The van der Waals surface area contributed by atoms with Crippen molar-refractivity contribution in [1.29, 1.82) is 0 Å². The van der Waals surface area contributed by atoms with Crippen molar-refractivity contribution in [3.05, 3.63) is 57.5 Å². The predicted octanol–water partition coefficient (Wildman–Crippen LogP) is 3.91. The minimum Gasteiger partial charge on any atom is -0.466 e. The predicted molar refractivity (Wildman–Crippen MR) is 70.4 cm³/mol. The van der Waals surface area contributed by atoms with Gasteiger partial charge in [0.05, 0.1) is 6.04 Å².